The highest BCUT2D eigenvalue weighted by Crippen LogP contribution is 2.37. The summed E-state index contributed by atoms with van der Waals surface area (Å²) in [6, 6.07) is 16.0. The predicted octanol–water partition coefficient (Wildman–Crippen LogP) is 6.40. The zero-order valence-corrected chi connectivity index (χ0v) is 19.7. The largest absolute Gasteiger partial charge is 0.347 e. The van der Waals surface area contributed by atoms with Gasteiger partial charge in [0.05, 0.1) is 16.3 Å². The van der Waals surface area contributed by atoms with Crippen LogP contribution in [0, 0.1) is 13.8 Å². The summed E-state index contributed by atoms with van der Waals surface area (Å²) < 4.78 is 0. The molecule has 0 aliphatic heterocycles. The highest BCUT2D eigenvalue weighted by molar-refractivity contribution is 7.21. The van der Waals surface area contributed by atoms with Gasteiger partial charge in [-0.3, -0.25) is 9.59 Å². The Morgan fingerprint density at radius 2 is 1.72 bits per heavy atom. The Kier molecular flexibility index (Phi) is 6.46. The van der Waals surface area contributed by atoms with Crippen LogP contribution in [0.15, 0.2) is 54.6 Å². The number of fused-ring (bicyclic) bond motifs is 1. The monoisotopic (exact) mass is 483 g/mol. The van der Waals surface area contributed by atoms with Gasteiger partial charge >= 0.3 is 0 Å². The summed E-state index contributed by atoms with van der Waals surface area (Å²) in [5.41, 5.74) is 3.45. The number of nitrogens with one attached hydrogen (secondary N) is 2. The van der Waals surface area contributed by atoms with Crippen LogP contribution in [0.1, 0.15) is 36.9 Å². The van der Waals surface area contributed by atoms with Crippen molar-refractivity contribution in [3.05, 3.63) is 91.9 Å². The van der Waals surface area contributed by atoms with Crippen molar-refractivity contribution in [3.63, 3.8) is 0 Å². The van der Waals surface area contributed by atoms with Gasteiger partial charge in [0.15, 0.2) is 0 Å². The molecule has 2 aromatic carbocycles. The summed E-state index contributed by atoms with van der Waals surface area (Å²) in [7, 11) is 0. The lowest BCUT2D eigenvalue weighted by Gasteiger charge is -2.10. The van der Waals surface area contributed by atoms with Crippen molar-refractivity contribution >= 4 is 62.3 Å². The zero-order valence-electron chi connectivity index (χ0n) is 17.3. The number of thiophene rings is 1. The van der Waals surface area contributed by atoms with Crippen LogP contribution in [0.5, 0.6) is 0 Å². The van der Waals surface area contributed by atoms with Crippen molar-refractivity contribution in [3.8, 4) is 0 Å². The number of carbonyl (C=O) groups is 2. The van der Waals surface area contributed by atoms with Crippen molar-refractivity contribution in [2.75, 3.05) is 5.32 Å². The van der Waals surface area contributed by atoms with Gasteiger partial charge in [-0.1, -0.05) is 47.5 Å². The second-order valence-electron chi connectivity index (χ2n) is 7.31. The van der Waals surface area contributed by atoms with Gasteiger partial charge in [0.1, 0.15) is 9.71 Å². The SMILES string of the molecule is Cc1cc(C)c2c(NC(=O)c3ccccc3Cl)c(C(=O)NCc3ccc(Cl)cc3)sc2n1. The molecule has 0 saturated carbocycles. The maximum absolute atomic E-state index is 13.1. The first kappa shape index (κ1) is 22.3. The molecule has 0 aliphatic carbocycles. The molecule has 32 heavy (non-hydrogen) atoms. The summed E-state index contributed by atoms with van der Waals surface area (Å²) in [4.78, 5) is 31.8. The molecule has 5 nitrogen and oxygen atoms in total. The fourth-order valence-electron chi connectivity index (χ4n) is 3.41. The number of rotatable bonds is 5. The van der Waals surface area contributed by atoms with Crippen molar-refractivity contribution in [2.45, 2.75) is 20.4 Å². The number of hydrogen-bond acceptors (Lipinski definition) is 4. The number of anilines is 1. The number of aromatic nitrogens is 1. The molecule has 0 fully saturated rings. The van der Waals surface area contributed by atoms with Gasteiger partial charge in [-0.2, -0.15) is 0 Å². The Morgan fingerprint density at radius 3 is 2.44 bits per heavy atom. The molecule has 2 amide bonds. The third kappa shape index (κ3) is 4.63. The summed E-state index contributed by atoms with van der Waals surface area (Å²) >= 11 is 13.4. The van der Waals surface area contributed by atoms with Gasteiger partial charge < -0.3 is 10.6 Å². The number of carbonyl (C=O) groups excluding carboxylic acids is 2. The van der Waals surface area contributed by atoms with E-state index in [1.165, 1.54) is 11.3 Å². The number of nitrogens with zero attached hydrogens (tertiary/aromatic N) is 1. The van der Waals surface area contributed by atoms with Gasteiger partial charge in [-0.25, -0.2) is 4.98 Å². The third-order valence-corrected chi connectivity index (χ3v) is 6.58. The predicted molar refractivity (Wildman–Crippen MR) is 131 cm³/mol. The van der Waals surface area contributed by atoms with Gasteiger partial charge in [0.25, 0.3) is 11.8 Å². The lowest BCUT2D eigenvalue weighted by atomic mass is 10.1. The van der Waals surface area contributed by atoms with Crippen LogP contribution in [0.2, 0.25) is 10.0 Å². The van der Waals surface area contributed by atoms with Gasteiger partial charge in [0.2, 0.25) is 0 Å². The second-order valence-corrected chi connectivity index (χ2v) is 9.15. The first-order valence-corrected chi connectivity index (χ1v) is 11.4. The molecule has 8 heteroatoms. The Bertz CT molecular complexity index is 1330. The standard InChI is InChI=1S/C24H19Cl2N3O2S/c1-13-11-14(2)28-24-19(13)20(29-22(30)17-5-3-4-6-18(17)26)21(32-24)23(31)27-12-15-7-9-16(25)10-8-15/h3-11H,12H2,1-2H3,(H,27,31)(H,29,30). The van der Waals surface area contributed by atoms with Crippen LogP contribution in [0.25, 0.3) is 10.2 Å². The minimum atomic E-state index is -0.387. The van der Waals surface area contributed by atoms with Gasteiger partial charge in [-0.15, -0.1) is 11.3 Å². The molecule has 2 aromatic heterocycles. The van der Waals surface area contributed by atoms with Crippen LogP contribution in [0.3, 0.4) is 0 Å². The smallest absolute Gasteiger partial charge is 0.263 e. The van der Waals surface area contributed by atoms with E-state index in [-0.39, 0.29) is 11.8 Å². The van der Waals surface area contributed by atoms with Crippen LogP contribution < -0.4 is 10.6 Å². The number of amides is 2. The highest BCUT2D eigenvalue weighted by atomic mass is 35.5. The molecule has 2 heterocycles. The number of pyridine rings is 1. The molecular formula is C24H19Cl2N3O2S. The molecule has 0 spiro atoms. The second kappa shape index (κ2) is 9.28. The first-order chi connectivity index (χ1) is 15.3. The van der Waals surface area contributed by atoms with Crippen LogP contribution in [-0.2, 0) is 6.54 Å². The quantitative estimate of drug-likeness (QED) is 0.344. The van der Waals surface area contributed by atoms with Crippen molar-refractivity contribution in [1.82, 2.24) is 10.3 Å². The zero-order chi connectivity index (χ0) is 22.8. The van der Waals surface area contributed by atoms with Crippen LogP contribution in [0.4, 0.5) is 5.69 Å². The summed E-state index contributed by atoms with van der Waals surface area (Å²) in [5.74, 6) is -0.684. The van der Waals surface area contributed by atoms with E-state index < -0.39 is 0 Å². The fraction of sp³-hybridized carbons (Fsp3) is 0.125. The van der Waals surface area contributed by atoms with E-state index in [0.29, 0.717) is 37.5 Å². The number of halogens is 2. The molecule has 0 radical (unpaired) electrons. The molecular weight excluding hydrogens is 465 g/mol. The van der Waals surface area contributed by atoms with Crippen LogP contribution >= 0.6 is 34.5 Å². The Labute approximate surface area is 199 Å². The molecule has 162 valence electrons. The van der Waals surface area contributed by atoms with Crippen molar-refractivity contribution in [2.24, 2.45) is 0 Å². The molecule has 4 aromatic rings. The van der Waals surface area contributed by atoms with E-state index in [4.69, 9.17) is 23.2 Å². The van der Waals surface area contributed by atoms with E-state index in [2.05, 4.69) is 15.6 Å². The molecule has 0 bridgehead atoms. The Balaban J connectivity index is 1.70. The molecule has 0 atom stereocenters. The molecule has 2 N–H and O–H groups in total. The number of hydrogen-bond donors (Lipinski definition) is 2. The summed E-state index contributed by atoms with van der Waals surface area (Å²) in [6.07, 6.45) is 0. The van der Waals surface area contributed by atoms with Crippen molar-refractivity contribution in [1.29, 1.82) is 0 Å². The maximum Gasteiger partial charge on any atom is 0.263 e. The Morgan fingerprint density at radius 1 is 1.00 bits per heavy atom. The average Bonchev–Trinajstić information content (AvgIpc) is 3.11. The lowest BCUT2D eigenvalue weighted by molar-refractivity contribution is 0.0956. The molecule has 0 unspecified atom stereocenters. The van der Waals surface area contributed by atoms with Gasteiger partial charge in [-0.05, 0) is 55.3 Å². The normalized spacial score (nSPS) is 10.9. The topological polar surface area (TPSA) is 71.1 Å². The number of benzene rings is 2. The van der Waals surface area contributed by atoms with E-state index >= 15 is 0 Å². The highest BCUT2D eigenvalue weighted by Gasteiger charge is 2.23. The maximum atomic E-state index is 13.1. The summed E-state index contributed by atoms with van der Waals surface area (Å²) in [5, 5.41) is 7.54. The van der Waals surface area contributed by atoms with E-state index in [1.807, 2.05) is 32.0 Å². The van der Waals surface area contributed by atoms with Gasteiger partial charge in [0, 0.05) is 22.6 Å². The third-order valence-electron chi connectivity index (χ3n) is 4.92. The summed E-state index contributed by atoms with van der Waals surface area (Å²) in [6.45, 7) is 4.16. The number of aryl methyl sites for hydroxylation is 2. The molecule has 0 aliphatic rings. The van der Waals surface area contributed by atoms with E-state index in [0.717, 1.165) is 22.2 Å². The average molecular weight is 484 g/mol. The first-order valence-electron chi connectivity index (χ1n) is 9.82. The minimum absolute atomic E-state index is 0.297. The van der Waals surface area contributed by atoms with E-state index in [9.17, 15) is 9.59 Å². The minimum Gasteiger partial charge on any atom is -0.347 e. The van der Waals surface area contributed by atoms with Crippen LogP contribution in [-0.4, -0.2) is 16.8 Å². The lowest BCUT2D eigenvalue weighted by Crippen LogP contribution is -2.23. The Hall–Kier alpha value is -2.93. The molecule has 4 rings (SSSR count). The van der Waals surface area contributed by atoms with E-state index in [1.54, 1.807) is 36.4 Å². The van der Waals surface area contributed by atoms with Crippen molar-refractivity contribution < 1.29 is 9.59 Å². The molecule has 0 saturated heterocycles. The fourth-order valence-corrected chi connectivity index (χ4v) is 4.93.